The molecular weight excluding hydrogens is 279 g/mol. The van der Waals surface area contributed by atoms with Crippen molar-refractivity contribution in [3.8, 4) is 0 Å². The molecule has 1 aliphatic rings. The molecule has 1 fully saturated rings. The Kier molecular flexibility index (Phi) is 6.13. The summed E-state index contributed by atoms with van der Waals surface area (Å²) in [4.78, 5) is 0. The second kappa shape index (κ2) is 6.86. The van der Waals surface area contributed by atoms with Crippen molar-refractivity contribution in [2.45, 2.75) is 90.1 Å². The lowest BCUT2D eigenvalue weighted by molar-refractivity contribution is -0.253. The van der Waals surface area contributed by atoms with Gasteiger partial charge in [-0.05, 0) is 59.3 Å². The van der Waals surface area contributed by atoms with Crippen molar-refractivity contribution in [2.75, 3.05) is 6.54 Å². The van der Waals surface area contributed by atoms with Crippen LogP contribution in [0.1, 0.15) is 66.7 Å². The molecule has 0 bridgehead atoms. The van der Waals surface area contributed by atoms with Gasteiger partial charge in [0.2, 0.25) is 0 Å². The molecule has 1 saturated carbocycles. The fourth-order valence-corrected chi connectivity index (χ4v) is 2.82. The minimum Gasteiger partial charge on any atom is -0.361 e. The summed E-state index contributed by atoms with van der Waals surface area (Å²) in [6.45, 7) is 9.80. The summed E-state index contributed by atoms with van der Waals surface area (Å²) in [5.41, 5.74) is -0.812. The molecule has 1 unspecified atom stereocenters. The lowest BCUT2D eigenvalue weighted by Crippen LogP contribution is -2.53. The van der Waals surface area contributed by atoms with Gasteiger partial charge in [0.25, 0.3) is 0 Å². The lowest BCUT2D eigenvalue weighted by atomic mass is 9.77. The Hall–Kier alpha value is -0.290. The Bertz CT molecular complexity index is 314. The fourth-order valence-electron chi connectivity index (χ4n) is 2.82. The standard InChI is InChI=1S/C16H30F3NO/c1-6-13-7-9-15(10-8-13,11-20-14(3,4)5)21-12(2)16(17,18)19/h12-13,20H,6-11H2,1-5H3. The highest BCUT2D eigenvalue weighted by molar-refractivity contribution is 4.92. The fraction of sp³-hybridized carbons (Fsp3) is 1.00. The highest BCUT2D eigenvalue weighted by Crippen LogP contribution is 2.39. The Morgan fingerprint density at radius 2 is 1.71 bits per heavy atom. The summed E-state index contributed by atoms with van der Waals surface area (Å²) < 4.78 is 44.1. The van der Waals surface area contributed by atoms with Crippen molar-refractivity contribution < 1.29 is 17.9 Å². The average Bonchev–Trinajstić information content (AvgIpc) is 2.35. The SMILES string of the molecule is CCC1CCC(CNC(C)(C)C)(OC(C)C(F)(F)F)CC1. The number of rotatable bonds is 5. The first-order valence-electron chi connectivity index (χ1n) is 7.97. The molecule has 1 aliphatic carbocycles. The lowest BCUT2D eigenvalue weighted by Gasteiger charge is -2.43. The number of ether oxygens (including phenoxy) is 1. The smallest absolute Gasteiger partial charge is 0.361 e. The highest BCUT2D eigenvalue weighted by Gasteiger charge is 2.45. The molecule has 21 heavy (non-hydrogen) atoms. The number of alkyl halides is 3. The van der Waals surface area contributed by atoms with Gasteiger partial charge < -0.3 is 10.1 Å². The average molecular weight is 309 g/mol. The molecular formula is C16H30F3NO. The van der Waals surface area contributed by atoms with E-state index in [4.69, 9.17) is 4.74 Å². The first-order valence-corrected chi connectivity index (χ1v) is 7.97. The van der Waals surface area contributed by atoms with E-state index in [2.05, 4.69) is 12.2 Å². The summed E-state index contributed by atoms with van der Waals surface area (Å²) in [6.07, 6.45) is -1.60. The molecule has 1 N–H and O–H groups in total. The minimum absolute atomic E-state index is 0.126. The van der Waals surface area contributed by atoms with Crippen molar-refractivity contribution in [1.82, 2.24) is 5.32 Å². The van der Waals surface area contributed by atoms with Gasteiger partial charge in [0.05, 0.1) is 5.60 Å². The van der Waals surface area contributed by atoms with E-state index in [0.29, 0.717) is 25.3 Å². The van der Waals surface area contributed by atoms with Crippen LogP contribution in [0.3, 0.4) is 0 Å². The maximum atomic E-state index is 12.8. The zero-order valence-electron chi connectivity index (χ0n) is 13.9. The van der Waals surface area contributed by atoms with Crippen LogP contribution in [0.5, 0.6) is 0 Å². The number of hydrogen-bond donors (Lipinski definition) is 1. The predicted molar refractivity (Wildman–Crippen MR) is 79.3 cm³/mol. The van der Waals surface area contributed by atoms with Crippen molar-refractivity contribution >= 4 is 0 Å². The van der Waals surface area contributed by atoms with Gasteiger partial charge in [-0.1, -0.05) is 13.3 Å². The van der Waals surface area contributed by atoms with E-state index < -0.39 is 17.9 Å². The van der Waals surface area contributed by atoms with Crippen LogP contribution < -0.4 is 5.32 Å². The summed E-state index contributed by atoms with van der Waals surface area (Å²) in [5.74, 6) is 0.623. The van der Waals surface area contributed by atoms with E-state index in [9.17, 15) is 13.2 Å². The van der Waals surface area contributed by atoms with Gasteiger partial charge >= 0.3 is 6.18 Å². The normalized spacial score (nSPS) is 29.4. The van der Waals surface area contributed by atoms with Gasteiger partial charge in [0.15, 0.2) is 6.10 Å². The first-order chi connectivity index (χ1) is 9.47. The molecule has 126 valence electrons. The van der Waals surface area contributed by atoms with Gasteiger partial charge in [-0.3, -0.25) is 0 Å². The molecule has 1 atom stereocenters. The van der Waals surface area contributed by atoms with Crippen LogP contribution in [0.2, 0.25) is 0 Å². The zero-order chi connectivity index (χ0) is 16.3. The molecule has 0 spiro atoms. The van der Waals surface area contributed by atoms with Crippen LogP contribution in [0.25, 0.3) is 0 Å². The maximum absolute atomic E-state index is 12.8. The minimum atomic E-state index is -4.30. The monoisotopic (exact) mass is 309 g/mol. The highest BCUT2D eigenvalue weighted by atomic mass is 19.4. The molecule has 0 saturated heterocycles. The third-order valence-corrected chi connectivity index (χ3v) is 4.42. The van der Waals surface area contributed by atoms with Gasteiger partial charge in [-0.15, -0.1) is 0 Å². The molecule has 0 aromatic heterocycles. The quantitative estimate of drug-likeness (QED) is 0.796. The van der Waals surface area contributed by atoms with Crippen LogP contribution in [0.4, 0.5) is 13.2 Å². The van der Waals surface area contributed by atoms with Crippen LogP contribution in [-0.4, -0.2) is 30.0 Å². The molecule has 2 nitrogen and oxygen atoms in total. The Morgan fingerprint density at radius 1 is 1.19 bits per heavy atom. The van der Waals surface area contributed by atoms with Crippen LogP contribution in [0.15, 0.2) is 0 Å². The Morgan fingerprint density at radius 3 is 2.10 bits per heavy atom. The largest absolute Gasteiger partial charge is 0.414 e. The third-order valence-electron chi connectivity index (χ3n) is 4.42. The van der Waals surface area contributed by atoms with E-state index in [1.165, 1.54) is 0 Å². The summed E-state index contributed by atoms with van der Waals surface area (Å²) in [7, 11) is 0. The summed E-state index contributed by atoms with van der Waals surface area (Å²) in [6, 6.07) is 0. The maximum Gasteiger partial charge on any atom is 0.414 e. The van der Waals surface area contributed by atoms with E-state index in [0.717, 1.165) is 26.2 Å². The second-order valence-electron chi connectivity index (χ2n) is 7.44. The van der Waals surface area contributed by atoms with Gasteiger partial charge in [0.1, 0.15) is 0 Å². The molecule has 0 aliphatic heterocycles. The summed E-state index contributed by atoms with van der Waals surface area (Å²) in [5, 5.41) is 3.33. The molecule has 0 heterocycles. The van der Waals surface area contributed by atoms with Crippen molar-refractivity contribution in [2.24, 2.45) is 5.92 Å². The van der Waals surface area contributed by atoms with E-state index >= 15 is 0 Å². The van der Waals surface area contributed by atoms with Crippen LogP contribution in [0, 0.1) is 5.92 Å². The van der Waals surface area contributed by atoms with Crippen LogP contribution in [-0.2, 0) is 4.74 Å². The number of halogens is 3. The molecule has 0 aromatic rings. The Labute approximate surface area is 126 Å². The molecule has 0 aromatic carbocycles. The molecule has 0 amide bonds. The van der Waals surface area contributed by atoms with E-state index in [1.807, 2.05) is 20.8 Å². The van der Waals surface area contributed by atoms with E-state index in [1.54, 1.807) is 0 Å². The van der Waals surface area contributed by atoms with E-state index in [-0.39, 0.29) is 5.54 Å². The summed E-state index contributed by atoms with van der Waals surface area (Å²) >= 11 is 0. The number of hydrogen-bond acceptors (Lipinski definition) is 2. The van der Waals surface area contributed by atoms with Crippen molar-refractivity contribution in [3.63, 3.8) is 0 Å². The second-order valence-corrected chi connectivity index (χ2v) is 7.44. The topological polar surface area (TPSA) is 21.3 Å². The predicted octanol–water partition coefficient (Wildman–Crippen LogP) is 4.68. The Balaban J connectivity index is 2.75. The van der Waals surface area contributed by atoms with Gasteiger partial charge in [-0.25, -0.2) is 0 Å². The van der Waals surface area contributed by atoms with Gasteiger partial charge in [0, 0.05) is 12.1 Å². The first kappa shape index (κ1) is 18.8. The molecule has 5 heteroatoms. The molecule has 1 rings (SSSR count). The third kappa shape index (κ3) is 6.15. The van der Waals surface area contributed by atoms with Crippen molar-refractivity contribution in [1.29, 1.82) is 0 Å². The van der Waals surface area contributed by atoms with Crippen molar-refractivity contribution in [3.05, 3.63) is 0 Å². The van der Waals surface area contributed by atoms with Crippen LogP contribution >= 0.6 is 0 Å². The van der Waals surface area contributed by atoms with Gasteiger partial charge in [-0.2, -0.15) is 13.2 Å². The zero-order valence-corrected chi connectivity index (χ0v) is 13.9. The molecule has 0 radical (unpaired) electrons. The number of nitrogens with one attached hydrogen (secondary N) is 1.